The van der Waals surface area contributed by atoms with Crippen molar-refractivity contribution in [3.63, 3.8) is 0 Å². The molecule has 2 heterocycles. The smallest absolute Gasteiger partial charge is 0.286 e. The molecule has 2 amide bonds. The van der Waals surface area contributed by atoms with E-state index in [-0.39, 0.29) is 22.4 Å². The molecule has 2 aliphatic heterocycles. The van der Waals surface area contributed by atoms with Crippen LogP contribution in [0.1, 0.15) is 5.56 Å². The quantitative estimate of drug-likeness (QED) is 0.801. The van der Waals surface area contributed by atoms with Gasteiger partial charge in [0.05, 0.1) is 17.0 Å². The SMILES string of the molecule is CN1c2cc(Cl)ccc2OCC1COc1ccc(CC2SC(=O)NC2=O)cc1. The van der Waals surface area contributed by atoms with Crippen molar-refractivity contribution in [2.75, 3.05) is 25.2 Å². The standard InChI is InChI=1S/C20H19ClN2O4S/c1-23-14(11-27-17-7-4-13(21)9-16(17)23)10-26-15-5-2-12(3-6-15)8-18-19(24)22-20(25)28-18/h2-7,9,14,18H,8,10-11H2,1H3,(H,22,24,25). The lowest BCUT2D eigenvalue weighted by Crippen LogP contribution is -2.44. The van der Waals surface area contributed by atoms with Gasteiger partial charge in [0.1, 0.15) is 24.7 Å². The number of anilines is 1. The predicted molar refractivity (Wildman–Crippen MR) is 110 cm³/mol. The molecule has 8 heteroatoms. The number of imide groups is 1. The van der Waals surface area contributed by atoms with Crippen LogP contribution in [0, 0.1) is 0 Å². The molecule has 0 aliphatic carbocycles. The molecule has 2 aromatic rings. The average molecular weight is 419 g/mol. The lowest BCUT2D eigenvalue weighted by molar-refractivity contribution is -0.118. The van der Waals surface area contributed by atoms with Crippen LogP contribution in [0.2, 0.25) is 5.02 Å². The number of carbonyl (C=O) groups is 2. The van der Waals surface area contributed by atoms with E-state index in [1.54, 1.807) is 0 Å². The Morgan fingerprint density at radius 1 is 1.25 bits per heavy atom. The molecule has 0 saturated carbocycles. The summed E-state index contributed by atoms with van der Waals surface area (Å²) in [5, 5.41) is 2.33. The maximum absolute atomic E-state index is 11.7. The number of carbonyl (C=O) groups excluding carboxylic acids is 2. The molecule has 2 unspecified atom stereocenters. The van der Waals surface area contributed by atoms with Crippen LogP contribution in [0.4, 0.5) is 10.5 Å². The average Bonchev–Trinajstić information content (AvgIpc) is 3.00. The fraction of sp³-hybridized carbons (Fsp3) is 0.300. The van der Waals surface area contributed by atoms with E-state index in [0.717, 1.165) is 34.5 Å². The molecule has 0 radical (unpaired) electrons. The minimum atomic E-state index is -0.362. The van der Waals surface area contributed by atoms with Crippen molar-refractivity contribution in [3.8, 4) is 11.5 Å². The second-order valence-corrected chi connectivity index (χ2v) is 8.34. The zero-order chi connectivity index (χ0) is 19.7. The number of halogens is 1. The minimum Gasteiger partial charge on any atom is -0.491 e. The molecule has 28 heavy (non-hydrogen) atoms. The number of amides is 2. The molecule has 0 aromatic heterocycles. The van der Waals surface area contributed by atoms with Crippen molar-refractivity contribution in [3.05, 3.63) is 53.1 Å². The van der Waals surface area contributed by atoms with E-state index in [4.69, 9.17) is 21.1 Å². The predicted octanol–water partition coefficient (Wildman–Crippen LogP) is 3.51. The van der Waals surface area contributed by atoms with Crippen LogP contribution in [0.25, 0.3) is 0 Å². The van der Waals surface area contributed by atoms with Gasteiger partial charge in [-0.05, 0) is 42.3 Å². The number of rotatable bonds is 5. The molecule has 146 valence electrons. The first-order valence-corrected chi connectivity index (χ1v) is 10.1. The lowest BCUT2D eigenvalue weighted by Gasteiger charge is -2.35. The van der Waals surface area contributed by atoms with Crippen LogP contribution in [-0.4, -0.2) is 42.7 Å². The number of likely N-dealkylation sites (N-methyl/N-ethyl adjacent to an activating group) is 1. The lowest BCUT2D eigenvalue weighted by atomic mass is 10.1. The molecule has 4 rings (SSSR count). The van der Waals surface area contributed by atoms with Crippen LogP contribution in [-0.2, 0) is 11.2 Å². The van der Waals surface area contributed by atoms with Crippen molar-refractivity contribution in [2.24, 2.45) is 0 Å². The molecular weight excluding hydrogens is 400 g/mol. The summed E-state index contributed by atoms with van der Waals surface area (Å²) in [6, 6.07) is 13.2. The number of hydrogen-bond acceptors (Lipinski definition) is 6. The number of fused-ring (bicyclic) bond motifs is 1. The number of thioether (sulfide) groups is 1. The summed E-state index contributed by atoms with van der Waals surface area (Å²) in [4.78, 5) is 25.0. The third-order valence-electron chi connectivity index (χ3n) is 4.83. The number of ether oxygens (including phenoxy) is 2. The van der Waals surface area contributed by atoms with Gasteiger partial charge in [0.25, 0.3) is 5.24 Å². The Kier molecular flexibility index (Phi) is 5.37. The Balaban J connectivity index is 1.34. The van der Waals surface area contributed by atoms with Crippen LogP contribution in [0.5, 0.6) is 11.5 Å². The summed E-state index contributed by atoms with van der Waals surface area (Å²) < 4.78 is 11.7. The fourth-order valence-corrected chi connectivity index (χ4v) is 4.22. The van der Waals surface area contributed by atoms with E-state index in [2.05, 4.69) is 10.2 Å². The van der Waals surface area contributed by atoms with Crippen LogP contribution < -0.4 is 19.7 Å². The van der Waals surface area contributed by atoms with E-state index in [9.17, 15) is 9.59 Å². The monoisotopic (exact) mass is 418 g/mol. The molecule has 6 nitrogen and oxygen atoms in total. The van der Waals surface area contributed by atoms with Gasteiger partial charge in [-0.25, -0.2) is 0 Å². The van der Waals surface area contributed by atoms with Gasteiger partial charge in [0.2, 0.25) is 5.91 Å². The summed E-state index contributed by atoms with van der Waals surface area (Å²) in [5.74, 6) is 1.34. The number of nitrogens with zero attached hydrogens (tertiary/aromatic N) is 1. The summed E-state index contributed by atoms with van der Waals surface area (Å²) >= 11 is 7.13. The minimum absolute atomic E-state index is 0.0650. The van der Waals surface area contributed by atoms with Crippen molar-refractivity contribution >= 4 is 40.2 Å². The highest BCUT2D eigenvalue weighted by Gasteiger charge is 2.31. The molecule has 2 atom stereocenters. The maximum Gasteiger partial charge on any atom is 0.286 e. The largest absolute Gasteiger partial charge is 0.491 e. The van der Waals surface area contributed by atoms with Gasteiger partial charge in [0, 0.05) is 12.1 Å². The zero-order valence-corrected chi connectivity index (χ0v) is 16.8. The number of benzene rings is 2. The normalized spacial score (nSPS) is 21.1. The van der Waals surface area contributed by atoms with E-state index in [1.165, 1.54) is 0 Å². The Morgan fingerprint density at radius 2 is 2.04 bits per heavy atom. The fourth-order valence-electron chi connectivity index (χ4n) is 3.20. The molecule has 1 saturated heterocycles. The summed E-state index contributed by atoms with van der Waals surface area (Å²) in [5.41, 5.74) is 1.93. The third kappa shape index (κ3) is 4.05. The van der Waals surface area contributed by atoms with Gasteiger partial charge < -0.3 is 14.4 Å². The van der Waals surface area contributed by atoms with E-state index < -0.39 is 0 Å². The van der Waals surface area contributed by atoms with Gasteiger partial charge in [-0.2, -0.15) is 0 Å². The molecular formula is C20H19ClN2O4S. The highest BCUT2D eigenvalue weighted by molar-refractivity contribution is 8.15. The van der Waals surface area contributed by atoms with Crippen LogP contribution in [0.15, 0.2) is 42.5 Å². The van der Waals surface area contributed by atoms with Crippen molar-refractivity contribution in [1.82, 2.24) is 5.32 Å². The first-order valence-electron chi connectivity index (χ1n) is 8.88. The Morgan fingerprint density at radius 3 is 2.75 bits per heavy atom. The van der Waals surface area contributed by atoms with E-state index >= 15 is 0 Å². The Labute approximate surface area is 172 Å². The first kappa shape index (κ1) is 19.0. The summed E-state index contributed by atoms with van der Waals surface area (Å²) in [6.45, 7) is 1.00. The Hall–Kier alpha value is -2.38. The van der Waals surface area contributed by atoms with Gasteiger partial charge in [-0.3, -0.25) is 14.9 Å². The zero-order valence-electron chi connectivity index (χ0n) is 15.2. The van der Waals surface area contributed by atoms with Gasteiger partial charge in [-0.15, -0.1) is 0 Å². The topological polar surface area (TPSA) is 67.9 Å². The second-order valence-electron chi connectivity index (χ2n) is 6.73. The molecule has 2 aromatic carbocycles. The van der Waals surface area contributed by atoms with E-state index in [0.29, 0.717) is 24.7 Å². The van der Waals surface area contributed by atoms with E-state index in [1.807, 2.05) is 49.5 Å². The Bertz CT molecular complexity index is 906. The van der Waals surface area contributed by atoms with Crippen LogP contribution >= 0.6 is 23.4 Å². The molecule has 0 bridgehead atoms. The van der Waals surface area contributed by atoms with Gasteiger partial charge in [-0.1, -0.05) is 35.5 Å². The first-order chi connectivity index (χ1) is 13.5. The maximum atomic E-state index is 11.7. The van der Waals surface area contributed by atoms with Crippen molar-refractivity contribution in [1.29, 1.82) is 0 Å². The number of hydrogen-bond donors (Lipinski definition) is 1. The van der Waals surface area contributed by atoms with Gasteiger partial charge in [0.15, 0.2) is 0 Å². The van der Waals surface area contributed by atoms with Crippen molar-refractivity contribution in [2.45, 2.75) is 17.7 Å². The number of nitrogens with one attached hydrogen (secondary N) is 1. The molecule has 0 spiro atoms. The summed E-state index contributed by atoms with van der Waals surface area (Å²) in [7, 11) is 2.00. The molecule has 2 aliphatic rings. The third-order valence-corrected chi connectivity index (χ3v) is 6.05. The van der Waals surface area contributed by atoms with Crippen molar-refractivity contribution < 1.29 is 19.1 Å². The highest BCUT2D eigenvalue weighted by atomic mass is 35.5. The summed E-state index contributed by atoms with van der Waals surface area (Å²) in [6.07, 6.45) is 0.513. The van der Waals surface area contributed by atoms with Crippen LogP contribution in [0.3, 0.4) is 0 Å². The second kappa shape index (κ2) is 7.93. The van der Waals surface area contributed by atoms with Gasteiger partial charge >= 0.3 is 0 Å². The molecule has 1 N–H and O–H groups in total. The highest BCUT2D eigenvalue weighted by Crippen LogP contribution is 2.35. The molecule has 1 fully saturated rings.